The quantitative estimate of drug-likeness (QED) is 0.307. The van der Waals surface area contributed by atoms with Crippen LogP contribution in [-0.4, -0.2) is 47.6 Å². The number of nitrogens with zero attached hydrogens (tertiary/aromatic N) is 1. The van der Waals surface area contributed by atoms with Crippen LogP contribution in [-0.2, 0) is 14.3 Å². The Balaban J connectivity index is 1.74. The van der Waals surface area contributed by atoms with E-state index >= 15 is 0 Å². The van der Waals surface area contributed by atoms with Crippen LogP contribution in [0.3, 0.4) is 0 Å². The van der Waals surface area contributed by atoms with Gasteiger partial charge in [0.25, 0.3) is 11.7 Å². The van der Waals surface area contributed by atoms with Gasteiger partial charge in [-0.3, -0.25) is 9.59 Å². The summed E-state index contributed by atoms with van der Waals surface area (Å²) in [7, 11) is 0. The van der Waals surface area contributed by atoms with E-state index in [0.29, 0.717) is 31.1 Å². The number of ether oxygens (including phenoxy) is 2. The van der Waals surface area contributed by atoms with Gasteiger partial charge in [0.1, 0.15) is 18.1 Å². The summed E-state index contributed by atoms with van der Waals surface area (Å²) in [6, 6.07) is 13.8. The van der Waals surface area contributed by atoms with Crippen molar-refractivity contribution in [3.63, 3.8) is 0 Å². The number of ketones is 1. The van der Waals surface area contributed by atoms with Gasteiger partial charge in [-0.25, -0.2) is 0 Å². The molecular formula is C26H27NO5. The molecule has 6 nitrogen and oxygen atoms in total. The highest BCUT2D eigenvalue weighted by molar-refractivity contribution is 6.46. The number of carbonyl (C=O) groups excluding carboxylic acids is 2. The Morgan fingerprint density at radius 3 is 2.53 bits per heavy atom. The summed E-state index contributed by atoms with van der Waals surface area (Å²) in [6.07, 6.45) is 3.31. The number of aliphatic hydroxyl groups is 1. The molecule has 2 atom stereocenters. The minimum atomic E-state index is -0.682. The standard InChI is InChI=1S/C26H27NO5/c1-3-14-31-20-12-10-19(11-13-20)24(28)22-23(18-8-6-17(2)7-9-18)27(26(30)25(22)29)16-21-5-4-15-32-21/h3,6-13,21,23,28H,1,4-5,14-16H2,2H3/t21-,23-/m0/s1. The normalized spacial score (nSPS) is 22.3. The van der Waals surface area contributed by atoms with Gasteiger partial charge >= 0.3 is 0 Å². The lowest BCUT2D eigenvalue weighted by Gasteiger charge is -2.27. The van der Waals surface area contributed by atoms with E-state index < -0.39 is 17.7 Å². The molecule has 2 aliphatic rings. The van der Waals surface area contributed by atoms with Crippen LogP contribution >= 0.6 is 0 Å². The van der Waals surface area contributed by atoms with Gasteiger partial charge in [0.2, 0.25) is 0 Å². The Kier molecular flexibility index (Phi) is 6.42. The van der Waals surface area contributed by atoms with E-state index in [0.717, 1.165) is 24.0 Å². The van der Waals surface area contributed by atoms with Crippen molar-refractivity contribution in [3.05, 3.63) is 83.4 Å². The molecular weight excluding hydrogens is 406 g/mol. The topological polar surface area (TPSA) is 76.1 Å². The Morgan fingerprint density at radius 2 is 1.91 bits per heavy atom. The maximum Gasteiger partial charge on any atom is 0.295 e. The minimum Gasteiger partial charge on any atom is -0.507 e. The number of carbonyl (C=O) groups is 2. The molecule has 6 heteroatoms. The van der Waals surface area contributed by atoms with Crippen molar-refractivity contribution >= 4 is 17.4 Å². The van der Waals surface area contributed by atoms with Crippen molar-refractivity contribution < 1.29 is 24.2 Å². The van der Waals surface area contributed by atoms with Crippen LogP contribution in [0.25, 0.3) is 5.76 Å². The maximum absolute atomic E-state index is 13.1. The number of aliphatic hydroxyl groups excluding tert-OH is 1. The molecule has 2 aromatic rings. The summed E-state index contributed by atoms with van der Waals surface area (Å²) >= 11 is 0. The van der Waals surface area contributed by atoms with Gasteiger partial charge in [-0.1, -0.05) is 42.5 Å². The highest BCUT2D eigenvalue weighted by atomic mass is 16.5. The van der Waals surface area contributed by atoms with Crippen molar-refractivity contribution in [2.75, 3.05) is 19.8 Å². The Morgan fingerprint density at radius 1 is 1.19 bits per heavy atom. The minimum absolute atomic E-state index is 0.0941. The van der Waals surface area contributed by atoms with E-state index in [9.17, 15) is 14.7 Å². The highest BCUT2D eigenvalue weighted by Gasteiger charge is 2.47. The van der Waals surface area contributed by atoms with E-state index in [2.05, 4.69) is 6.58 Å². The predicted octanol–water partition coefficient (Wildman–Crippen LogP) is 4.16. The van der Waals surface area contributed by atoms with Crippen molar-refractivity contribution in [2.45, 2.75) is 31.9 Å². The molecule has 1 N–H and O–H groups in total. The van der Waals surface area contributed by atoms with Crippen LogP contribution in [0.4, 0.5) is 0 Å². The summed E-state index contributed by atoms with van der Waals surface area (Å²) in [5.74, 6) is -0.869. The van der Waals surface area contributed by atoms with Crippen molar-refractivity contribution in [3.8, 4) is 5.75 Å². The fourth-order valence-corrected chi connectivity index (χ4v) is 4.19. The fraction of sp³-hybridized carbons (Fsp3) is 0.308. The molecule has 0 spiro atoms. The fourth-order valence-electron chi connectivity index (χ4n) is 4.19. The number of benzene rings is 2. The zero-order valence-corrected chi connectivity index (χ0v) is 18.1. The second kappa shape index (κ2) is 9.40. The lowest BCUT2D eigenvalue weighted by molar-refractivity contribution is -0.140. The van der Waals surface area contributed by atoms with Crippen LogP contribution in [0, 0.1) is 6.92 Å². The van der Waals surface area contributed by atoms with Gasteiger partial charge in [0, 0.05) is 18.7 Å². The van der Waals surface area contributed by atoms with E-state index in [1.807, 2.05) is 31.2 Å². The van der Waals surface area contributed by atoms with Crippen LogP contribution < -0.4 is 4.74 Å². The van der Waals surface area contributed by atoms with E-state index in [-0.39, 0.29) is 17.4 Å². The largest absolute Gasteiger partial charge is 0.507 e. The Bertz CT molecular complexity index is 1030. The number of Topliss-reactive ketones (excluding diaryl/α,β-unsaturated/α-hetero) is 1. The van der Waals surface area contributed by atoms with Gasteiger partial charge in [0.05, 0.1) is 17.7 Å². The first-order valence-electron chi connectivity index (χ1n) is 10.8. The maximum atomic E-state index is 13.1. The molecule has 166 valence electrons. The van der Waals surface area contributed by atoms with Gasteiger partial charge in [-0.15, -0.1) is 0 Å². The zero-order valence-electron chi connectivity index (χ0n) is 18.1. The summed E-state index contributed by atoms with van der Waals surface area (Å²) in [5.41, 5.74) is 2.39. The lowest BCUT2D eigenvalue weighted by atomic mass is 9.94. The van der Waals surface area contributed by atoms with Gasteiger partial charge in [0.15, 0.2) is 0 Å². The third kappa shape index (κ3) is 4.32. The molecule has 0 saturated carbocycles. The average molecular weight is 434 g/mol. The predicted molar refractivity (Wildman–Crippen MR) is 121 cm³/mol. The number of aryl methyl sites for hydroxylation is 1. The highest BCUT2D eigenvalue weighted by Crippen LogP contribution is 2.40. The van der Waals surface area contributed by atoms with Gasteiger partial charge in [-0.2, -0.15) is 0 Å². The van der Waals surface area contributed by atoms with Crippen molar-refractivity contribution in [1.82, 2.24) is 4.90 Å². The Labute approximate surface area is 187 Å². The SMILES string of the molecule is C=CCOc1ccc(C(O)=C2C(=O)C(=O)N(C[C@@H]3CCCO3)[C@H]2c2ccc(C)cc2)cc1. The van der Waals surface area contributed by atoms with Gasteiger partial charge in [-0.05, 0) is 49.6 Å². The lowest BCUT2D eigenvalue weighted by Crippen LogP contribution is -2.36. The first kappa shape index (κ1) is 21.8. The first-order chi connectivity index (χ1) is 15.5. The van der Waals surface area contributed by atoms with Gasteiger partial charge < -0.3 is 19.5 Å². The van der Waals surface area contributed by atoms with E-state index in [4.69, 9.17) is 9.47 Å². The monoisotopic (exact) mass is 433 g/mol. The van der Waals surface area contributed by atoms with Crippen molar-refractivity contribution in [1.29, 1.82) is 0 Å². The average Bonchev–Trinajstić information content (AvgIpc) is 3.41. The number of rotatable bonds is 7. The third-order valence-electron chi connectivity index (χ3n) is 5.85. The second-order valence-electron chi connectivity index (χ2n) is 8.12. The number of hydrogen-bond acceptors (Lipinski definition) is 5. The summed E-state index contributed by atoms with van der Waals surface area (Å²) < 4.78 is 11.2. The van der Waals surface area contributed by atoms with Crippen LogP contribution in [0.5, 0.6) is 5.75 Å². The third-order valence-corrected chi connectivity index (χ3v) is 5.85. The van der Waals surface area contributed by atoms with Crippen molar-refractivity contribution in [2.24, 2.45) is 0 Å². The van der Waals surface area contributed by atoms with E-state index in [1.54, 1.807) is 30.3 Å². The van der Waals surface area contributed by atoms with E-state index in [1.165, 1.54) is 4.90 Å². The molecule has 0 aromatic heterocycles. The molecule has 2 saturated heterocycles. The number of amides is 1. The molecule has 0 bridgehead atoms. The van der Waals surface area contributed by atoms with Crippen LogP contribution in [0.2, 0.25) is 0 Å². The zero-order chi connectivity index (χ0) is 22.7. The number of likely N-dealkylation sites (tertiary alicyclic amines) is 1. The second-order valence-corrected chi connectivity index (χ2v) is 8.12. The molecule has 2 aromatic carbocycles. The summed E-state index contributed by atoms with van der Waals surface area (Å²) in [5, 5.41) is 11.1. The summed E-state index contributed by atoms with van der Waals surface area (Å²) in [6.45, 7) is 6.93. The molecule has 0 radical (unpaired) electrons. The molecule has 1 amide bonds. The smallest absolute Gasteiger partial charge is 0.295 e. The molecule has 2 fully saturated rings. The molecule has 32 heavy (non-hydrogen) atoms. The molecule has 4 rings (SSSR count). The number of hydrogen-bond donors (Lipinski definition) is 1. The molecule has 2 heterocycles. The van der Waals surface area contributed by atoms with Crippen LogP contribution in [0.1, 0.15) is 35.6 Å². The first-order valence-corrected chi connectivity index (χ1v) is 10.8. The molecule has 2 aliphatic heterocycles. The Hall–Kier alpha value is -3.38. The van der Waals surface area contributed by atoms with Crippen LogP contribution in [0.15, 0.2) is 66.8 Å². The molecule has 0 aliphatic carbocycles. The summed E-state index contributed by atoms with van der Waals surface area (Å²) in [4.78, 5) is 27.6. The molecule has 0 unspecified atom stereocenters.